The average Bonchev–Trinajstić information content (AvgIpc) is 2.50. The van der Waals surface area contributed by atoms with Gasteiger partial charge in [-0.1, -0.05) is 54.6 Å². The van der Waals surface area contributed by atoms with E-state index in [2.05, 4.69) is 48.5 Å². The summed E-state index contributed by atoms with van der Waals surface area (Å²) in [5.41, 5.74) is 1.08. The summed E-state index contributed by atoms with van der Waals surface area (Å²) in [7, 11) is 1.54. The second kappa shape index (κ2) is 6.62. The van der Waals surface area contributed by atoms with Gasteiger partial charge in [0.15, 0.2) is 11.5 Å². The van der Waals surface area contributed by atoms with E-state index in [0.29, 0.717) is 5.75 Å². The smallest absolute Gasteiger partial charge is 0.160 e. The number of aryl methyl sites for hydroxylation is 1. The van der Waals surface area contributed by atoms with E-state index in [4.69, 9.17) is 9.84 Å². The van der Waals surface area contributed by atoms with Gasteiger partial charge in [0, 0.05) is 0 Å². The van der Waals surface area contributed by atoms with Crippen LogP contribution in [0.1, 0.15) is 5.56 Å². The standard InChI is InChI=1S/C10H8.C8H10O2/c1-2-6-10-8-4-3-7-9(10)5-1;1-6-3-4-7(9)8(5-6)10-2/h1-8H;3-5,9H,1-2H3. The quantitative estimate of drug-likeness (QED) is 0.700. The summed E-state index contributed by atoms with van der Waals surface area (Å²) in [6.07, 6.45) is 0. The Hall–Kier alpha value is -2.48. The number of hydrogen-bond acceptors (Lipinski definition) is 2. The zero-order chi connectivity index (χ0) is 14.4. The molecular weight excluding hydrogens is 248 g/mol. The second-order valence-corrected chi connectivity index (χ2v) is 4.52. The number of phenolic OH excluding ortho intramolecular Hbond substituents is 1. The first-order valence-corrected chi connectivity index (χ1v) is 6.48. The SMILES string of the molecule is COc1cc(C)ccc1O.c1ccc2ccccc2c1. The number of rotatable bonds is 1. The van der Waals surface area contributed by atoms with Crippen molar-refractivity contribution in [2.75, 3.05) is 7.11 Å². The monoisotopic (exact) mass is 266 g/mol. The number of aromatic hydroxyl groups is 1. The van der Waals surface area contributed by atoms with Crippen molar-refractivity contribution in [2.45, 2.75) is 6.92 Å². The van der Waals surface area contributed by atoms with E-state index in [1.165, 1.54) is 17.9 Å². The lowest BCUT2D eigenvalue weighted by Crippen LogP contribution is -1.83. The fourth-order valence-electron chi connectivity index (χ4n) is 1.92. The molecule has 0 amide bonds. The van der Waals surface area contributed by atoms with Crippen LogP contribution in [-0.4, -0.2) is 12.2 Å². The molecular formula is C18H18O2. The molecule has 0 radical (unpaired) electrons. The Morgan fingerprint density at radius 2 is 1.30 bits per heavy atom. The molecule has 0 saturated heterocycles. The third-order valence-electron chi connectivity index (χ3n) is 2.99. The maximum Gasteiger partial charge on any atom is 0.160 e. The molecule has 0 fully saturated rings. The maximum absolute atomic E-state index is 9.11. The highest BCUT2D eigenvalue weighted by Gasteiger charge is 1.97. The normalized spacial score (nSPS) is 9.70. The van der Waals surface area contributed by atoms with Crippen molar-refractivity contribution in [3.63, 3.8) is 0 Å². The molecule has 2 nitrogen and oxygen atoms in total. The molecule has 3 rings (SSSR count). The molecule has 0 heterocycles. The molecule has 3 aromatic carbocycles. The molecule has 0 unspecified atom stereocenters. The lowest BCUT2D eigenvalue weighted by Gasteiger charge is -2.02. The largest absolute Gasteiger partial charge is 0.504 e. The predicted octanol–water partition coefficient (Wildman–Crippen LogP) is 4.55. The highest BCUT2D eigenvalue weighted by molar-refractivity contribution is 5.81. The van der Waals surface area contributed by atoms with Gasteiger partial charge in [-0.25, -0.2) is 0 Å². The summed E-state index contributed by atoms with van der Waals surface area (Å²) >= 11 is 0. The van der Waals surface area contributed by atoms with Gasteiger partial charge >= 0.3 is 0 Å². The van der Waals surface area contributed by atoms with Crippen LogP contribution in [0.2, 0.25) is 0 Å². The molecule has 0 bridgehead atoms. The van der Waals surface area contributed by atoms with E-state index >= 15 is 0 Å². The van der Waals surface area contributed by atoms with E-state index in [1.807, 2.05) is 13.0 Å². The van der Waals surface area contributed by atoms with Crippen LogP contribution in [0.15, 0.2) is 66.7 Å². The first-order valence-electron chi connectivity index (χ1n) is 6.48. The summed E-state index contributed by atoms with van der Waals surface area (Å²) in [6, 6.07) is 22.0. The summed E-state index contributed by atoms with van der Waals surface area (Å²) in [4.78, 5) is 0. The number of methoxy groups -OCH3 is 1. The van der Waals surface area contributed by atoms with Crippen LogP contribution >= 0.6 is 0 Å². The topological polar surface area (TPSA) is 29.5 Å². The number of phenols is 1. The molecule has 0 atom stereocenters. The van der Waals surface area contributed by atoms with Crippen LogP contribution in [0.25, 0.3) is 10.8 Å². The number of benzene rings is 3. The Balaban J connectivity index is 0.000000147. The average molecular weight is 266 g/mol. The second-order valence-electron chi connectivity index (χ2n) is 4.52. The minimum absolute atomic E-state index is 0.188. The molecule has 0 aliphatic heterocycles. The highest BCUT2D eigenvalue weighted by Crippen LogP contribution is 2.25. The molecule has 0 aliphatic carbocycles. The number of fused-ring (bicyclic) bond motifs is 1. The maximum atomic E-state index is 9.11. The van der Waals surface area contributed by atoms with E-state index in [0.717, 1.165) is 5.56 Å². The lowest BCUT2D eigenvalue weighted by molar-refractivity contribution is 0.373. The van der Waals surface area contributed by atoms with Gasteiger partial charge in [-0.3, -0.25) is 0 Å². The Morgan fingerprint density at radius 3 is 1.70 bits per heavy atom. The summed E-state index contributed by atoms with van der Waals surface area (Å²) in [5.74, 6) is 0.716. The fourth-order valence-corrected chi connectivity index (χ4v) is 1.92. The molecule has 102 valence electrons. The van der Waals surface area contributed by atoms with Gasteiger partial charge in [-0.2, -0.15) is 0 Å². The Kier molecular flexibility index (Phi) is 4.61. The van der Waals surface area contributed by atoms with E-state index in [1.54, 1.807) is 12.1 Å². The van der Waals surface area contributed by atoms with Gasteiger partial charge in [-0.05, 0) is 35.4 Å². The van der Waals surface area contributed by atoms with Gasteiger partial charge in [0.1, 0.15) is 0 Å². The highest BCUT2D eigenvalue weighted by atomic mass is 16.5. The molecule has 1 N–H and O–H groups in total. The van der Waals surface area contributed by atoms with Crippen molar-refractivity contribution in [1.29, 1.82) is 0 Å². The zero-order valence-corrected chi connectivity index (χ0v) is 11.7. The molecule has 0 aliphatic rings. The Bertz CT molecular complexity index is 624. The van der Waals surface area contributed by atoms with Gasteiger partial charge in [0.05, 0.1) is 7.11 Å². The third-order valence-corrected chi connectivity index (χ3v) is 2.99. The summed E-state index contributed by atoms with van der Waals surface area (Å²) in [6.45, 7) is 1.95. The van der Waals surface area contributed by atoms with Crippen molar-refractivity contribution in [1.82, 2.24) is 0 Å². The lowest BCUT2D eigenvalue weighted by atomic mass is 10.1. The van der Waals surface area contributed by atoms with Crippen LogP contribution in [0.5, 0.6) is 11.5 Å². The summed E-state index contributed by atoms with van der Waals surface area (Å²) < 4.78 is 4.88. The van der Waals surface area contributed by atoms with E-state index in [-0.39, 0.29) is 5.75 Å². The van der Waals surface area contributed by atoms with Crippen LogP contribution < -0.4 is 4.74 Å². The van der Waals surface area contributed by atoms with Crippen LogP contribution in [0.4, 0.5) is 0 Å². The van der Waals surface area contributed by atoms with Crippen LogP contribution in [0, 0.1) is 6.92 Å². The van der Waals surface area contributed by atoms with Crippen molar-refractivity contribution < 1.29 is 9.84 Å². The minimum atomic E-state index is 0.188. The molecule has 0 spiro atoms. The number of hydrogen-bond donors (Lipinski definition) is 1. The fraction of sp³-hybridized carbons (Fsp3) is 0.111. The van der Waals surface area contributed by atoms with Gasteiger partial charge in [-0.15, -0.1) is 0 Å². The first-order chi connectivity index (χ1) is 9.70. The van der Waals surface area contributed by atoms with E-state index < -0.39 is 0 Å². The minimum Gasteiger partial charge on any atom is -0.504 e. The van der Waals surface area contributed by atoms with Gasteiger partial charge in [0.25, 0.3) is 0 Å². The van der Waals surface area contributed by atoms with Crippen LogP contribution in [0.3, 0.4) is 0 Å². The van der Waals surface area contributed by atoms with Gasteiger partial charge < -0.3 is 9.84 Å². The molecule has 2 heteroatoms. The van der Waals surface area contributed by atoms with Crippen molar-refractivity contribution in [3.8, 4) is 11.5 Å². The van der Waals surface area contributed by atoms with Crippen molar-refractivity contribution >= 4 is 10.8 Å². The summed E-state index contributed by atoms with van der Waals surface area (Å²) in [5, 5.41) is 11.7. The molecule has 0 aromatic heterocycles. The predicted molar refractivity (Wildman–Crippen MR) is 83.3 cm³/mol. The Labute approximate surface area is 119 Å². The van der Waals surface area contributed by atoms with Crippen molar-refractivity contribution in [3.05, 3.63) is 72.3 Å². The van der Waals surface area contributed by atoms with Gasteiger partial charge in [0.2, 0.25) is 0 Å². The molecule has 3 aromatic rings. The zero-order valence-electron chi connectivity index (χ0n) is 11.7. The Morgan fingerprint density at radius 1 is 0.800 bits per heavy atom. The van der Waals surface area contributed by atoms with E-state index in [9.17, 15) is 0 Å². The third kappa shape index (κ3) is 3.51. The van der Waals surface area contributed by atoms with Crippen LogP contribution in [-0.2, 0) is 0 Å². The van der Waals surface area contributed by atoms with Crippen molar-refractivity contribution in [2.24, 2.45) is 0 Å². The molecule has 20 heavy (non-hydrogen) atoms. The number of ether oxygens (including phenoxy) is 1. The molecule has 0 saturated carbocycles. The first kappa shape index (κ1) is 13.9.